The van der Waals surface area contributed by atoms with E-state index in [1.54, 1.807) is 7.05 Å². The summed E-state index contributed by atoms with van der Waals surface area (Å²) in [6.45, 7) is 8.09. The Morgan fingerprint density at radius 2 is 1.61 bits per heavy atom. The lowest BCUT2D eigenvalue weighted by Crippen LogP contribution is -2.46. The first-order valence-electron chi connectivity index (χ1n) is 9.40. The molecule has 0 unspecified atom stereocenters. The molecule has 0 saturated heterocycles. The number of carbonyl (C=O) groups is 4. The van der Waals surface area contributed by atoms with Crippen molar-refractivity contribution in [3.8, 4) is 0 Å². The van der Waals surface area contributed by atoms with Crippen LogP contribution in [0.1, 0.15) is 53.4 Å². The van der Waals surface area contributed by atoms with Crippen LogP contribution in [0.25, 0.3) is 0 Å². The second-order valence-corrected chi connectivity index (χ2v) is 8.00. The third-order valence-electron chi connectivity index (χ3n) is 4.38. The highest BCUT2D eigenvalue weighted by Crippen LogP contribution is 2.19. The van der Waals surface area contributed by atoms with Gasteiger partial charge in [-0.15, -0.1) is 0 Å². The molecule has 0 fully saturated rings. The van der Waals surface area contributed by atoms with Crippen molar-refractivity contribution in [1.29, 1.82) is 0 Å². The van der Waals surface area contributed by atoms with Gasteiger partial charge in [-0.2, -0.15) is 0 Å². The molecule has 0 bridgehead atoms. The maximum absolute atomic E-state index is 12.2. The summed E-state index contributed by atoms with van der Waals surface area (Å²) in [4.78, 5) is 47.7. The maximum atomic E-state index is 12.2. The van der Waals surface area contributed by atoms with E-state index in [0.717, 1.165) is 4.90 Å². The maximum Gasteiger partial charge on any atom is 0.253 e. The van der Waals surface area contributed by atoms with Crippen molar-refractivity contribution in [3.63, 3.8) is 0 Å². The van der Waals surface area contributed by atoms with Gasteiger partial charge >= 0.3 is 0 Å². The van der Waals surface area contributed by atoms with Crippen LogP contribution in [0, 0.1) is 0 Å². The fraction of sp³-hybridized carbons (Fsp3) is 0.684. The van der Waals surface area contributed by atoms with Crippen molar-refractivity contribution in [3.05, 3.63) is 12.2 Å². The Bertz CT molecular complexity index is 610. The van der Waals surface area contributed by atoms with Crippen LogP contribution in [0.5, 0.6) is 0 Å². The molecule has 0 radical (unpaired) electrons. The van der Waals surface area contributed by atoms with Gasteiger partial charge in [0.25, 0.3) is 11.8 Å². The lowest BCUT2D eigenvalue weighted by molar-refractivity contribution is -0.137. The van der Waals surface area contributed by atoms with Gasteiger partial charge in [-0.3, -0.25) is 29.5 Å². The summed E-state index contributed by atoms with van der Waals surface area (Å²) in [6.07, 6.45) is 3.94. The summed E-state index contributed by atoms with van der Waals surface area (Å²) >= 11 is 0. The molecule has 4 amide bonds. The van der Waals surface area contributed by atoms with E-state index < -0.39 is 23.0 Å². The first-order chi connectivity index (χ1) is 13.0. The van der Waals surface area contributed by atoms with Crippen LogP contribution < -0.4 is 16.2 Å². The van der Waals surface area contributed by atoms with Crippen LogP contribution in [0.15, 0.2) is 12.2 Å². The minimum absolute atomic E-state index is 0.0511. The van der Waals surface area contributed by atoms with E-state index in [1.807, 2.05) is 27.7 Å². The number of hydrogen-bond donors (Lipinski definition) is 3. The summed E-state index contributed by atoms with van der Waals surface area (Å²) in [5, 5.41) is 2.90. The molecule has 9 heteroatoms. The summed E-state index contributed by atoms with van der Waals surface area (Å²) in [5.74, 6) is -1.12. The molecule has 0 aromatic heterocycles. The second kappa shape index (κ2) is 10.3. The predicted octanol–water partition coefficient (Wildman–Crippen LogP) is 0.412. The largest absolute Gasteiger partial charge is 0.375 e. The molecule has 0 spiro atoms. The number of hydrazine groups is 1. The Kier molecular flexibility index (Phi) is 8.77. The highest BCUT2D eigenvalue weighted by molar-refractivity contribution is 6.13. The van der Waals surface area contributed by atoms with Gasteiger partial charge in [0.05, 0.1) is 5.60 Å². The van der Waals surface area contributed by atoms with Gasteiger partial charge in [0.15, 0.2) is 0 Å². The van der Waals surface area contributed by atoms with E-state index in [-0.39, 0.29) is 24.8 Å². The van der Waals surface area contributed by atoms with E-state index >= 15 is 0 Å². The fourth-order valence-electron chi connectivity index (χ4n) is 2.64. The van der Waals surface area contributed by atoms with Crippen LogP contribution in [0.2, 0.25) is 0 Å². The van der Waals surface area contributed by atoms with Gasteiger partial charge < -0.3 is 10.1 Å². The molecule has 0 aromatic carbocycles. The van der Waals surface area contributed by atoms with Crippen LogP contribution in [0.3, 0.4) is 0 Å². The van der Waals surface area contributed by atoms with Crippen molar-refractivity contribution in [2.75, 3.05) is 20.2 Å². The van der Waals surface area contributed by atoms with Crippen LogP contribution in [-0.4, -0.2) is 59.9 Å². The minimum Gasteiger partial charge on any atom is -0.375 e. The molecule has 1 aliphatic heterocycles. The zero-order valence-corrected chi connectivity index (χ0v) is 17.4. The third-order valence-corrected chi connectivity index (χ3v) is 4.38. The van der Waals surface area contributed by atoms with Crippen LogP contribution in [0.4, 0.5) is 0 Å². The molecule has 1 heterocycles. The number of nitrogens with one attached hydrogen (secondary N) is 3. The number of ether oxygens (including phenoxy) is 1. The van der Waals surface area contributed by atoms with Gasteiger partial charge in [-0.05, 0) is 40.5 Å². The molecule has 3 N–H and O–H groups in total. The predicted molar refractivity (Wildman–Crippen MR) is 104 cm³/mol. The highest BCUT2D eigenvalue weighted by Gasteiger charge is 2.26. The normalized spacial score (nSPS) is 14.5. The van der Waals surface area contributed by atoms with Crippen molar-refractivity contribution >= 4 is 23.6 Å². The SMILES string of the molecule is CNNC(=O)CCC(C)(C)OCCC(C)(C)NC(=O)CCN1C(=O)C=CC1=O. The van der Waals surface area contributed by atoms with E-state index in [0.29, 0.717) is 25.9 Å². The molecular weight excluding hydrogens is 364 g/mol. The highest BCUT2D eigenvalue weighted by atomic mass is 16.5. The lowest BCUT2D eigenvalue weighted by Gasteiger charge is -2.30. The van der Waals surface area contributed by atoms with E-state index in [2.05, 4.69) is 16.2 Å². The summed E-state index contributed by atoms with van der Waals surface area (Å²) in [5.41, 5.74) is 4.14. The topological polar surface area (TPSA) is 117 Å². The Labute approximate surface area is 166 Å². The summed E-state index contributed by atoms with van der Waals surface area (Å²) in [7, 11) is 1.63. The van der Waals surface area contributed by atoms with Crippen LogP contribution >= 0.6 is 0 Å². The van der Waals surface area contributed by atoms with Gasteiger partial charge in [-0.25, -0.2) is 5.43 Å². The standard InChI is InChI=1S/C19H32N4O5/c1-18(2,11-13-28-19(3,4)10-8-15(25)22-20-5)21-14(24)9-12-23-16(26)6-7-17(23)27/h6-7,20H,8-13H2,1-5H3,(H,21,24)(H,22,25). The first-order valence-corrected chi connectivity index (χ1v) is 9.40. The minimum atomic E-state index is -0.506. The van der Waals surface area contributed by atoms with Crippen molar-refractivity contribution in [2.24, 2.45) is 0 Å². The van der Waals surface area contributed by atoms with Crippen molar-refractivity contribution in [2.45, 2.75) is 64.5 Å². The first kappa shape index (κ1) is 23.8. The molecule has 28 heavy (non-hydrogen) atoms. The Morgan fingerprint density at radius 3 is 2.18 bits per heavy atom. The summed E-state index contributed by atoms with van der Waals surface area (Å²) < 4.78 is 5.89. The van der Waals surface area contributed by atoms with E-state index in [9.17, 15) is 19.2 Å². The molecule has 1 rings (SSSR count). The molecule has 158 valence electrons. The molecule has 9 nitrogen and oxygen atoms in total. The number of hydrogen-bond acceptors (Lipinski definition) is 6. The monoisotopic (exact) mass is 396 g/mol. The quantitative estimate of drug-likeness (QED) is 0.325. The molecular formula is C19H32N4O5. The Hall–Kier alpha value is -2.26. The average molecular weight is 396 g/mol. The summed E-state index contributed by atoms with van der Waals surface area (Å²) in [6, 6.07) is 0. The van der Waals surface area contributed by atoms with Gasteiger partial charge in [-0.1, -0.05) is 0 Å². The van der Waals surface area contributed by atoms with Gasteiger partial charge in [0.2, 0.25) is 11.8 Å². The molecule has 1 aliphatic rings. The number of carbonyl (C=O) groups excluding carboxylic acids is 4. The molecule has 0 atom stereocenters. The van der Waals surface area contributed by atoms with Gasteiger partial charge in [0.1, 0.15) is 0 Å². The Morgan fingerprint density at radius 1 is 1.00 bits per heavy atom. The Balaban J connectivity index is 2.32. The van der Waals surface area contributed by atoms with Crippen molar-refractivity contribution < 1.29 is 23.9 Å². The molecule has 0 aliphatic carbocycles. The van der Waals surface area contributed by atoms with E-state index in [1.165, 1.54) is 12.2 Å². The molecule has 0 aromatic rings. The fourth-order valence-corrected chi connectivity index (χ4v) is 2.64. The average Bonchev–Trinajstić information content (AvgIpc) is 2.89. The third kappa shape index (κ3) is 8.62. The smallest absolute Gasteiger partial charge is 0.253 e. The number of nitrogens with zero attached hydrogens (tertiary/aromatic N) is 1. The van der Waals surface area contributed by atoms with E-state index in [4.69, 9.17) is 4.74 Å². The number of rotatable bonds is 12. The van der Waals surface area contributed by atoms with Gasteiger partial charge in [0, 0.05) is 50.7 Å². The number of imide groups is 1. The zero-order chi connectivity index (χ0) is 21.4. The second-order valence-electron chi connectivity index (χ2n) is 8.00. The van der Waals surface area contributed by atoms with Crippen molar-refractivity contribution in [1.82, 2.24) is 21.1 Å². The van der Waals surface area contributed by atoms with Crippen LogP contribution in [-0.2, 0) is 23.9 Å². The zero-order valence-electron chi connectivity index (χ0n) is 17.4. The number of amides is 4. The molecule has 0 saturated carbocycles. The lowest BCUT2D eigenvalue weighted by atomic mass is 9.99.